The highest BCUT2D eigenvalue weighted by atomic mass is 79.9. The predicted molar refractivity (Wildman–Crippen MR) is 82.4 cm³/mol. The maximum atomic E-state index is 10.8. The number of hydrogen-bond donors (Lipinski definition) is 2. The third-order valence-corrected chi connectivity index (χ3v) is 3.63. The summed E-state index contributed by atoms with van der Waals surface area (Å²) >= 11 is 9.42. The van der Waals surface area contributed by atoms with Gasteiger partial charge in [-0.1, -0.05) is 39.7 Å². The Kier molecular flexibility index (Phi) is 4.62. The summed E-state index contributed by atoms with van der Waals surface area (Å²) in [6.07, 6.45) is 1.28. The van der Waals surface area contributed by atoms with Gasteiger partial charge in [0.05, 0.1) is 10.6 Å². The maximum Gasteiger partial charge on any atom is 0.337 e. The summed E-state index contributed by atoms with van der Waals surface area (Å²) < 4.78 is 1.01. The van der Waals surface area contributed by atoms with Gasteiger partial charge in [0.1, 0.15) is 5.82 Å². The Morgan fingerprint density at radius 2 is 2.05 bits per heavy atom. The molecule has 0 fully saturated rings. The highest BCUT2D eigenvalue weighted by Crippen LogP contribution is 2.25. The number of carboxylic acid groups (broad SMARTS) is 1. The van der Waals surface area contributed by atoms with Gasteiger partial charge in [0.2, 0.25) is 0 Å². The number of nitrogens with one attached hydrogen (secondary N) is 1. The fourth-order valence-corrected chi connectivity index (χ4v) is 2.19. The molecule has 2 N–H and O–H groups in total. The molecule has 0 aliphatic carbocycles. The van der Waals surface area contributed by atoms with Gasteiger partial charge in [0.25, 0.3) is 0 Å². The van der Waals surface area contributed by atoms with Gasteiger partial charge in [-0.05, 0) is 30.7 Å². The number of nitrogens with zero attached hydrogens (tertiary/aromatic N) is 1. The number of carbonyl (C=O) groups is 1. The van der Waals surface area contributed by atoms with E-state index in [1.54, 1.807) is 0 Å². The summed E-state index contributed by atoms with van der Waals surface area (Å²) in [5.41, 5.74) is 1.14. The van der Waals surface area contributed by atoms with Crippen LogP contribution in [0.4, 0.5) is 5.82 Å². The van der Waals surface area contributed by atoms with E-state index >= 15 is 0 Å². The second-order valence-electron chi connectivity index (χ2n) is 4.28. The van der Waals surface area contributed by atoms with Crippen molar-refractivity contribution in [2.75, 3.05) is 5.32 Å². The minimum atomic E-state index is -1.05. The Hall–Kier alpha value is -1.59. The monoisotopic (exact) mass is 354 g/mol. The number of halogens is 2. The van der Waals surface area contributed by atoms with Crippen LogP contribution in [0.1, 0.15) is 28.9 Å². The summed E-state index contributed by atoms with van der Waals surface area (Å²) in [5.74, 6) is -0.584. The summed E-state index contributed by atoms with van der Waals surface area (Å²) in [7, 11) is 0. The average molecular weight is 356 g/mol. The van der Waals surface area contributed by atoms with E-state index < -0.39 is 5.97 Å². The van der Waals surface area contributed by atoms with Crippen LogP contribution in [0.2, 0.25) is 5.02 Å². The molecule has 2 aromatic rings. The molecule has 4 nitrogen and oxygen atoms in total. The van der Waals surface area contributed by atoms with E-state index in [0.717, 1.165) is 10.0 Å². The third kappa shape index (κ3) is 3.49. The van der Waals surface area contributed by atoms with Gasteiger partial charge < -0.3 is 10.4 Å². The molecule has 0 saturated heterocycles. The molecule has 0 aliphatic rings. The second kappa shape index (κ2) is 6.24. The first-order valence-electron chi connectivity index (χ1n) is 5.88. The van der Waals surface area contributed by atoms with Crippen LogP contribution in [0.5, 0.6) is 0 Å². The van der Waals surface area contributed by atoms with Crippen molar-refractivity contribution >= 4 is 39.3 Å². The molecule has 1 atom stereocenters. The fraction of sp³-hybridized carbons (Fsp3) is 0.143. The molecule has 2 rings (SSSR count). The fourth-order valence-electron chi connectivity index (χ4n) is 1.70. The van der Waals surface area contributed by atoms with Crippen molar-refractivity contribution in [3.63, 3.8) is 0 Å². The van der Waals surface area contributed by atoms with Gasteiger partial charge in [0.15, 0.2) is 0 Å². The summed E-state index contributed by atoms with van der Waals surface area (Å²) in [5, 5.41) is 12.3. The van der Waals surface area contributed by atoms with Gasteiger partial charge >= 0.3 is 5.97 Å². The van der Waals surface area contributed by atoms with Gasteiger partial charge in [-0.3, -0.25) is 0 Å². The molecule has 0 amide bonds. The Morgan fingerprint density at radius 1 is 1.40 bits per heavy atom. The van der Waals surface area contributed by atoms with Crippen molar-refractivity contribution in [3.8, 4) is 0 Å². The molecule has 1 aromatic heterocycles. The van der Waals surface area contributed by atoms with Crippen molar-refractivity contribution in [1.29, 1.82) is 0 Å². The maximum absolute atomic E-state index is 10.8. The molecule has 0 aliphatic heterocycles. The highest BCUT2D eigenvalue weighted by molar-refractivity contribution is 9.10. The molecular weight excluding hydrogens is 344 g/mol. The minimum absolute atomic E-state index is 0.00350. The van der Waals surface area contributed by atoms with Crippen LogP contribution < -0.4 is 5.32 Å². The Morgan fingerprint density at radius 3 is 2.60 bits per heavy atom. The molecule has 0 bridgehead atoms. The second-order valence-corrected chi connectivity index (χ2v) is 5.60. The first kappa shape index (κ1) is 14.8. The smallest absolute Gasteiger partial charge is 0.337 e. The van der Waals surface area contributed by atoms with Crippen LogP contribution in [0.15, 0.2) is 41.0 Å². The Bertz CT molecular complexity index is 632. The zero-order chi connectivity index (χ0) is 14.7. The normalized spacial score (nSPS) is 11.9. The molecular formula is C14H12BrClN2O2. The van der Waals surface area contributed by atoms with E-state index in [1.807, 2.05) is 31.2 Å². The van der Waals surface area contributed by atoms with E-state index in [4.69, 9.17) is 16.7 Å². The van der Waals surface area contributed by atoms with Crippen molar-refractivity contribution < 1.29 is 9.90 Å². The molecule has 6 heteroatoms. The van der Waals surface area contributed by atoms with E-state index in [1.165, 1.54) is 12.3 Å². The molecule has 1 aromatic carbocycles. The highest BCUT2D eigenvalue weighted by Gasteiger charge is 2.11. The summed E-state index contributed by atoms with van der Waals surface area (Å²) in [6.45, 7) is 1.98. The lowest BCUT2D eigenvalue weighted by molar-refractivity contribution is 0.0696. The topological polar surface area (TPSA) is 62.2 Å². The first-order chi connectivity index (χ1) is 9.47. The van der Waals surface area contributed by atoms with Crippen LogP contribution in [-0.2, 0) is 0 Å². The van der Waals surface area contributed by atoms with Crippen LogP contribution in [-0.4, -0.2) is 16.1 Å². The number of aromatic nitrogens is 1. The van der Waals surface area contributed by atoms with Crippen LogP contribution >= 0.6 is 27.5 Å². The van der Waals surface area contributed by atoms with Crippen LogP contribution in [0, 0.1) is 0 Å². The van der Waals surface area contributed by atoms with E-state index in [0.29, 0.717) is 5.82 Å². The lowest BCUT2D eigenvalue weighted by atomic mass is 10.1. The van der Waals surface area contributed by atoms with E-state index in [2.05, 4.69) is 26.2 Å². The van der Waals surface area contributed by atoms with Crippen molar-refractivity contribution in [1.82, 2.24) is 4.98 Å². The zero-order valence-electron chi connectivity index (χ0n) is 10.6. The molecule has 1 unspecified atom stereocenters. The molecule has 20 heavy (non-hydrogen) atoms. The molecule has 0 spiro atoms. The average Bonchev–Trinajstić information content (AvgIpc) is 2.41. The Labute approximate surface area is 129 Å². The van der Waals surface area contributed by atoms with Crippen molar-refractivity contribution in [3.05, 3.63) is 57.2 Å². The van der Waals surface area contributed by atoms with E-state index in [9.17, 15) is 4.79 Å². The number of hydrogen-bond acceptors (Lipinski definition) is 3. The molecule has 1 heterocycles. The van der Waals surface area contributed by atoms with Crippen LogP contribution in [0.25, 0.3) is 0 Å². The number of rotatable bonds is 4. The molecule has 104 valence electrons. The molecule has 0 radical (unpaired) electrons. The number of benzene rings is 1. The zero-order valence-corrected chi connectivity index (χ0v) is 12.9. The lowest BCUT2D eigenvalue weighted by Gasteiger charge is -2.16. The van der Waals surface area contributed by atoms with Gasteiger partial charge in [-0.2, -0.15) is 0 Å². The quantitative estimate of drug-likeness (QED) is 0.855. The Balaban J connectivity index is 2.17. The first-order valence-corrected chi connectivity index (χ1v) is 7.05. The van der Waals surface area contributed by atoms with Gasteiger partial charge in [-0.15, -0.1) is 0 Å². The number of carboxylic acids is 1. The third-order valence-electron chi connectivity index (χ3n) is 2.81. The van der Waals surface area contributed by atoms with Crippen LogP contribution in [0.3, 0.4) is 0 Å². The van der Waals surface area contributed by atoms with Gasteiger partial charge in [0, 0.05) is 16.7 Å². The predicted octanol–water partition coefficient (Wildman–Crippen LogP) is 4.37. The summed E-state index contributed by atoms with van der Waals surface area (Å²) in [6, 6.07) is 9.27. The number of anilines is 1. The summed E-state index contributed by atoms with van der Waals surface area (Å²) in [4.78, 5) is 14.9. The van der Waals surface area contributed by atoms with Gasteiger partial charge in [-0.25, -0.2) is 9.78 Å². The van der Waals surface area contributed by atoms with Crippen molar-refractivity contribution in [2.45, 2.75) is 13.0 Å². The lowest BCUT2D eigenvalue weighted by Crippen LogP contribution is -2.09. The largest absolute Gasteiger partial charge is 0.478 e. The SMILES string of the molecule is CC(Nc1ncc(C(=O)O)cc1Cl)c1ccc(Br)cc1. The number of pyridine rings is 1. The minimum Gasteiger partial charge on any atom is -0.478 e. The number of aromatic carboxylic acids is 1. The molecule has 0 saturated carbocycles. The van der Waals surface area contributed by atoms with Crippen molar-refractivity contribution in [2.24, 2.45) is 0 Å². The standard InChI is InChI=1S/C14H12BrClN2O2/c1-8(9-2-4-11(15)5-3-9)18-13-12(16)6-10(7-17-13)14(19)20/h2-8H,1H3,(H,17,18)(H,19,20). The van der Waals surface area contributed by atoms with E-state index in [-0.39, 0.29) is 16.6 Å².